The summed E-state index contributed by atoms with van der Waals surface area (Å²) in [6.45, 7) is 1.76. The first-order chi connectivity index (χ1) is 7.20. The standard InChI is InChI=1S/C12H17BrN2/c1-15(8-9-2-3-9)12-5-4-11(13)6-10(12)7-14/h4-6,9H,2-3,7-8,14H2,1H3. The zero-order valence-electron chi connectivity index (χ0n) is 9.04. The molecule has 0 unspecified atom stereocenters. The van der Waals surface area contributed by atoms with Gasteiger partial charge in [0, 0.05) is 30.3 Å². The highest BCUT2D eigenvalue weighted by Gasteiger charge is 2.23. The van der Waals surface area contributed by atoms with Gasteiger partial charge in [-0.3, -0.25) is 0 Å². The van der Waals surface area contributed by atoms with Crippen molar-refractivity contribution in [3.8, 4) is 0 Å². The molecule has 0 heterocycles. The maximum absolute atomic E-state index is 5.76. The lowest BCUT2D eigenvalue weighted by atomic mass is 10.1. The highest BCUT2D eigenvalue weighted by Crippen LogP contribution is 2.32. The van der Waals surface area contributed by atoms with Crippen LogP contribution in [0.3, 0.4) is 0 Å². The number of nitrogens with two attached hydrogens (primary N) is 1. The fraction of sp³-hybridized carbons (Fsp3) is 0.500. The van der Waals surface area contributed by atoms with Gasteiger partial charge in [0.2, 0.25) is 0 Å². The Morgan fingerprint density at radius 3 is 2.80 bits per heavy atom. The summed E-state index contributed by atoms with van der Waals surface area (Å²) in [6.07, 6.45) is 2.78. The summed E-state index contributed by atoms with van der Waals surface area (Å²) >= 11 is 3.48. The lowest BCUT2D eigenvalue weighted by Crippen LogP contribution is -2.21. The van der Waals surface area contributed by atoms with Crippen molar-refractivity contribution < 1.29 is 0 Å². The maximum atomic E-state index is 5.76. The maximum Gasteiger partial charge on any atom is 0.0410 e. The average Bonchev–Trinajstić information content (AvgIpc) is 3.01. The van der Waals surface area contributed by atoms with E-state index in [9.17, 15) is 0 Å². The van der Waals surface area contributed by atoms with Gasteiger partial charge in [-0.05, 0) is 42.5 Å². The van der Waals surface area contributed by atoms with E-state index in [4.69, 9.17) is 5.73 Å². The third-order valence-electron chi connectivity index (χ3n) is 2.90. The highest BCUT2D eigenvalue weighted by molar-refractivity contribution is 9.10. The van der Waals surface area contributed by atoms with Crippen LogP contribution in [0.1, 0.15) is 18.4 Å². The van der Waals surface area contributed by atoms with Crippen molar-refractivity contribution in [2.45, 2.75) is 19.4 Å². The number of benzene rings is 1. The Labute approximate surface area is 99.6 Å². The number of anilines is 1. The molecule has 0 atom stereocenters. The van der Waals surface area contributed by atoms with Crippen molar-refractivity contribution in [2.24, 2.45) is 11.7 Å². The number of nitrogens with zero attached hydrogens (tertiary/aromatic N) is 1. The fourth-order valence-corrected chi connectivity index (χ4v) is 2.28. The minimum atomic E-state index is 0.601. The molecule has 1 aromatic rings. The molecule has 0 spiro atoms. The molecule has 0 amide bonds. The van der Waals surface area contributed by atoms with E-state index in [0.717, 1.165) is 16.9 Å². The van der Waals surface area contributed by atoms with Crippen molar-refractivity contribution in [3.63, 3.8) is 0 Å². The third-order valence-corrected chi connectivity index (χ3v) is 3.39. The van der Waals surface area contributed by atoms with E-state index < -0.39 is 0 Å². The van der Waals surface area contributed by atoms with Crippen molar-refractivity contribution in [1.29, 1.82) is 0 Å². The molecule has 0 aromatic heterocycles. The van der Waals surface area contributed by atoms with E-state index in [-0.39, 0.29) is 0 Å². The van der Waals surface area contributed by atoms with E-state index in [1.54, 1.807) is 0 Å². The molecule has 1 aliphatic carbocycles. The average molecular weight is 269 g/mol. The summed E-state index contributed by atoms with van der Waals surface area (Å²) in [5.74, 6) is 0.907. The second kappa shape index (κ2) is 4.54. The Bertz CT molecular complexity index is 347. The van der Waals surface area contributed by atoms with Crippen molar-refractivity contribution >= 4 is 21.6 Å². The van der Waals surface area contributed by atoms with E-state index in [1.165, 1.54) is 24.1 Å². The molecule has 3 heteroatoms. The van der Waals surface area contributed by atoms with Gasteiger partial charge >= 0.3 is 0 Å². The Morgan fingerprint density at radius 2 is 2.20 bits per heavy atom. The minimum absolute atomic E-state index is 0.601. The van der Waals surface area contributed by atoms with Crippen LogP contribution < -0.4 is 10.6 Å². The molecule has 1 aliphatic rings. The van der Waals surface area contributed by atoms with Gasteiger partial charge in [0.15, 0.2) is 0 Å². The topological polar surface area (TPSA) is 29.3 Å². The van der Waals surface area contributed by atoms with Gasteiger partial charge in [0.25, 0.3) is 0 Å². The molecule has 2 rings (SSSR count). The number of rotatable bonds is 4. The van der Waals surface area contributed by atoms with Gasteiger partial charge in [-0.2, -0.15) is 0 Å². The summed E-state index contributed by atoms with van der Waals surface area (Å²) in [5, 5.41) is 0. The highest BCUT2D eigenvalue weighted by atomic mass is 79.9. The third kappa shape index (κ3) is 2.73. The normalized spacial score (nSPS) is 15.4. The summed E-state index contributed by atoms with van der Waals surface area (Å²) in [5.41, 5.74) is 8.24. The summed E-state index contributed by atoms with van der Waals surface area (Å²) < 4.78 is 1.10. The van der Waals surface area contributed by atoms with Crippen LogP contribution in [0.2, 0.25) is 0 Å². The molecule has 1 saturated carbocycles. The van der Waals surface area contributed by atoms with Gasteiger partial charge in [-0.1, -0.05) is 15.9 Å². The van der Waals surface area contributed by atoms with E-state index in [2.05, 4.69) is 46.1 Å². The number of hydrogen-bond acceptors (Lipinski definition) is 2. The molecule has 0 saturated heterocycles. The smallest absolute Gasteiger partial charge is 0.0410 e. The Hall–Kier alpha value is -0.540. The molecule has 15 heavy (non-hydrogen) atoms. The van der Waals surface area contributed by atoms with Gasteiger partial charge in [-0.15, -0.1) is 0 Å². The Balaban J connectivity index is 2.17. The van der Waals surface area contributed by atoms with Crippen LogP contribution in [-0.2, 0) is 6.54 Å². The zero-order valence-corrected chi connectivity index (χ0v) is 10.6. The predicted molar refractivity (Wildman–Crippen MR) is 68.0 cm³/mol. The molecular weight excluding hydrogens is 252 g/mol. The lowest BCUT2D eigenvalue weighted by molar-refractivity contribution is 0.782. The number of halogens is 1. The first kappa shape index (κ1) is 11.0. The lowest BCUT2D eigenvalue weighted by Gasteiger charge is -2.22. The molecule has 0 aliphatic heterocycles. The number of hydrogen-bond donors (Lipinski definition) is 1. The quantitative estimate of drug-likeness (QED) is 0.910. The summed E-state index contributed by atoms with van der Waals surface area (Å²) in [6, 6.07) is 6.34. The second-order valence-corrected chi connectivity index (χ2v) is 5.22. The van der Waals surface area contributed by atoms with Crippen LogP contribution in [-0.4, -0.2) is 13.6 Å². The van der Waals surface area contributed by atoms with Crippen LogP contribution in [0, 0.1) is 5.92 Å². The van der Waals surface area contributed by atoms with Gasteiger partial charge < -0.3 is 10.6 Å². The first-order valence-corrected chi connectivity index (χ1v) is 6.19. The van der Waals surface area contributed by atoms with E-state index >= 15 is 0 Å². The van der Waals surface area contributed by atoms with Gasteiger partial charge in [-0.25, -0.2) is 0 Å². The molecule has 2 nitrogen and oxygen atoms in total. The summed E-state index contributed by atoms with van der Waals surface area (Å²) in [7, 11) is 2.15. The molecule has 1 fully saturated rings. The van der Waals surface area contributed by atoms with Crippen LogP contribution >= 0.6 is 15.9 Å². The van der Waals surface area contributed by atoms with Crippen molar-refractivity contribution in [3.05, 3.63) is 28.2 Å². The predicted octanol–water partition coefficient (Wildman–Crippen LogP) is 2.75. The van der Waals surface area contributed by atoms with Crippen molar-refractivity contribution in [1.82, 2.24) is 0 Å². The molecule has 2 N–H and O–H groups in total. The SMILES string of the molecule is CN(CC1CC1)c1ccc(Br)cc1CN. The Kier molecular flexibility index (Phi) is 3.32. The molecular formula is C12H17BrN2. The monoisotopic (exact) mass is 268 g/mol. The fourth-order valence-electron chi connectivity index (χ4n) is 1.88. The molecule has 1 aromatic carbocycles. The van der Waals surface area contributed by atoms with Crippen LogP contribution in [0.4, 0.5) is 5.69 Å². The van der Waals surface area contributed by atoms with Crippen molar-refractivity contribution in [2.75, 3.05) is 18.5 Å². The summed E-state index contributed by atoms with van der Waals surface area (Å²) in [4.78, 5) is 2.33. The van der Waals surface area contributed by atoms with E-state index in [1.807, 2.05) is 0 Å². The van der Waals surface area contributed by atoms with Crippen LogP contribution in [0.5, 0.6) is 0 Å². The molecule has 82 valence electrons. The van der Waals surface area contributed by atoms with Crippen LogP contribution in [0.15, 0.2) is 22.7 Å². The van der Waals surface area contributed by atoms with Gasteiger partial charge in [0.05, 0.1) is 0 Å². The first-order valence-electron chi connectivity index (χ1n) is 5.40. The van der Waals surface area contributed by atoms with Gasteiger partial charge in [0.1, 0.15) is 0 Å². The minimum Gasteiger partial charge on any atom is -0.374 e. The molecule has 0 bridgehead atoms. The van der Waals surface area contributed by atoms with E-state index in [0.29, 0.717) is 6.54 Å². The largest absolute Gasteiger partial charge is 0.374 e. The van der Waals surface area contributed by atoms with Crippen LogP contribution in [0.25, 0.3) is 0 Å². The molecule has 0 radical (unpaired) electrons. The second-order valence-electron chi connectivity index (χ2n) is 4.30. The zero-order chi connectivity index (χ0) is 10.8. The Morgan fingerprint density at radius 1 is 1.47 bits per heavy atom.